The zero-order valence-electron chi connectivity index (χ0n) is 14.4. The molecular formula is C18H13N3O5S2. The summed E-state index contributed by atoms with van der Waals surface area (Å²) in [6.45, 7) is 0. The van der Waals surface area contributed by atoms with Crippen LogP contribution in [0.1, 0.15) is 0 Å². The van der Waals surface area contributed by atoms with Gasteiger partial charge in [-0.05, 0) is 23.6 Å². The van der Waals surface area contributed by atoms with Crippen LogP contribution in [0.4, 0.5) is 10.8 Å². The van der Waals surface area contributed by atoms with Gasteiger partial charge in [0.25, 0.3) is 10.0 Å². The maximum absolute atomic E-state index is 12.7. The van der Waals surface area contributed by atoms with Crippen LogP contribution >= 0.6 is 11.3 Å². The molecular weight excluding hydrogens is 402 g/mol. The number of hydrogen-bond donors (Lipinski definition) is 1. The lowest BCUT2D eigenvalue weighted by Crippen LogP contribution is -2.13. The SMILES string of the molecule is COc1ccc(S(=O)(=O)Nc2nc3c(ccc4ccccc43)s2)cc1[N+](=O)[O-]. The molecule has 0 saturated heterocycles. The van der Waals surface area contributed by atoms with E-state index in [2.05, 4.69) is 9.71 Å². The van der Waals surface area contributed by atoms with Crippen LogP contribution in [0.25, 0.3) is 21.0 Å². The number of fused-ring (bicyclic) bond motifs is 3. The third kappa shape index (κ3) is 3.12. The maximum Gasteiger partial charge on any atom is 0.312 e. The van der Waals surface area contributed by atoms with Gasteiger partial charge in [-0.2, -0.15) is 0 Å². The number of nitrogens with one attached hydrogen (secondary N) is 1. The van der Waals surface area contributed by atoms with Crippen LogP contribution in [-0.4, -0.2) is 25.4 Å². The molecule has 1 N–H and O–H groups in total. The molecule has 0 saturated carbocycles. The number of nitro groups is 1. The van der Waals surface area contributed by atoms with E-state index < -0.39 is 20.6 Å². The quantitative estimate of drug-likeness (QED) is 0.387. The van der Waals surface area contributed by atoms with Gasteiger partial charge in [0.15, 0.2) is 10.9 Å². The number of sulfonamides is 1. The smallest absolute Gasteiger partial charge is 0.312 e. The summed E-state index contributed by atoms with van der Waals surface area (Å²) in [5, 5.41) is 13.3. The molecule has 0 aliphatic rings. The minimum absolute atomic E-state index is 0.0181. The minimum atomic E-state index is -4.06. The van der Waals surface area contributed by atoms with Crippen molar-refractivity contribution >= 4 is 53.2 Å². The second kappa shape index (κ2) is 6.73. The summed E-state index contributed by atoms with van der Waals surface area (Å²) in [6.07, 6.45) is 0. The number of ether oxygens (including phenoxy) is 1. The van der Waals surface area contributed by atoms with E-state index in [1.807, 2.05) is 36.4 Å². The van der Waals surface area contributed by atoms with Crippen molar-refractivity contribution in [3.63, 3.8) is 0 Å². The summed E-state index contributed by atoms with van der Waals surface area (Å²) in [4.78, 5) is 14.6. The second-order valence-electron chi connectivity index (χ2n) is 5.85. The Labute approximate surface area is 163 Å². The molecule has 0 unspecified atom stereocenters. The number of rotatable bonds is 5. The Bertz CT molecular complexity index is 1330. The predicted octanol–water partition coefficient (Wildman–Crippen LogP) is 4.17. The fraction of sp³-hybridized carbons (Fsp3) is 0.0556. The molecule has 8 nitrogen and oxygen atoms in total. The van der Waals surface area contributed by atoms with E-state index in [0.717, 1.165) is 21.5 Å². The van der Waals surface area contributed by atoms with Gasteiger partial charge < -0.3 is 4.74 Å². The fourth-order valence-corrected chi connectivity index (χ4v) is 5.00. The predicted molar refractivity (Wildman–Crippen MR) is 108 cm³/mol. The third-order valence-electron chi connectivity index (χ3n) is 4.16. The van der Waals surface area contributed by atoms with Crippen LogP contribution in [0.2, 0.25) is 0 Å². The summed E-state index contributed by atoms with van der Waals surface area (Å²) in [5.41, 5.74) is 0.266. The van der Waals surface area contributed by atoms with Gasteiger partial charge in [0.05, 0.1) is 27.1 Å². The highest BCUT2D eigenvalue weighted by Crippen LogP contribution is 2.34. The number of aromatic nitrogens is 1. The number of thiazole rings is 1. The van der Waals surface area contributed by atoms with E-state index in [9.17, 15) is 18.5 Å². The van der Waals surface area contributed by atoms with Crippen LogP contribution in [0.5, 0.6) is 5.75 Å². The average molecular weight is 415 g/mol. The van der Waals surface area contributed by atoms with Gasteiger partial charge in [0.1, 0.15) is 0 Å². The van der Waals surface area contributed by atoms with Crippen LogP contribution < -0.4 is 9.46 Å². The third-order valence-corrected chi connectivity index (χ3v) is 6.56. The van der Waals surface area contributed by atoms with E-state index in [1.165, 1.54) is 30.6 Å². The molecule has 4 aromatic rings. The van der Waals surface area contributed by atoms with Gasteiger partial charge in [-0.15, -0.1) is 0 Å². The van der Waals surface area contributed by atoms with Crippen molar-refractivity contribution in [3.05, 3.63) is 64.7 Å². The summed E-state index contributed by atoms with van der Waals surface area (Å²) >= 11 is 1.19. The number of nitro benzene ring substituents is 1. The number of hydrogen-bond acceptors (Lipinski definition) is 7. The van der Waals surface area contributed by atoms with Crippen LogP contribution in [-0.2, 0) is 10.0 Å². The normalized spacial score (nSPS) is 11.6. The van der Waals surface area contributed by atoms with Crippen molar-refractivity contribution in [1.29, 1.82) is 0 Å². The first-order valence-corrected chi connectivity index (χ1v) is 10.3. The molecule has 0 aliphatic heterocycles. The molecule has 3 aromatic carbocycles. The molecule has 1 aromatic heterocycles. The topological polar surface area (TPSA) is 111 Å². The van der Waals surface area contributed by atoms with Crippen LogP contribution in [0, 0.1) is 10.1 Å². The summed E-state index contributed by atoms with van der Waals surface area (Å²) in [7, 11) is -2.78. The number of anilines is 1. The second-order valence-corrected chi connectivity index (χ2v) is 8.56. The molecule has 0 radical (unpaired) electrons. The van der Waals surface area contributed by atoms with Gasteiger partial charge in [-0.1, -0.05) is 41.7 Å². The lowest BCUT2D eigenvalue weighted by molar-refractivity contribution is -0.386. The Morgan fingerprint density at radius 3 is 2.68 bits per heavy atom. The van der Waals surface area contributed by atoms with Crippen LogP contribution in [0.15, 0.2) is 59.5 Å². The molecule has 10 heteroatoms. The highest BCUT2D eigenvalue weighted by molar-refractivity contribution is 7.93. The molecule has 0 bridgehead atoms. The highest BCUT2D eigenvalue weighted by atomic mass is 32.2. The monoisotopic (exact) mass is 415 g/mol. The summed E-state index contributed by atoms with van der Waals surface area (Å²) in [5.74, 6) is -0.0181. The van der Waals surface area contributed by atoms with E-state index >= 15 is 0 Å². The first-order valence-electron chi connectivity index (χ1n) is 8.02. The first-order chi connectivity index (χ1) is 13.4. The van der Waals surface area contributed by atoms with Crippen LogP contribution in [0.3, 0.4) is 0 Å². The Morgan fingerprint density at radius 2 is 1.93 bits per heavy atom. The van der Waals surface area contributed by atoms with Crippen molar-refractivity contribution in [2.24, 2.45) is 0 Å². The highest BCUT2D eigenvalue weighted by Gasteiger charge is 2.23. The van der Waals surface area contributed by atoms with E-state index in [-0.39, 0.29) is 15.8 Å². The number of nitrogens with zero attached hydrogens (tertiary/aromatic N) is 2. The summed E-state index contributed by atoms with van der Waals surface area (Å²) < 4.78 is 33.6. The van der Waals surface area contributed by atoms with E-state index in [0.29, 0.717) is 5.52 Å². The molecule has 0 aliphatic carbocycles. The van der Waals surface area contributed by atoms with Crippen molar-refractivity contribution < 1.29 is 18.1 Å². The molecule has 1 heterocycles. The Hall–Kier alpha value is -3.24. The lowest BCUT2D eigenvalue weighted by atomic mass is 10.1. The zero-order valence-corrected chi connectivity index (χ0v) is 16.1. The first kappa shape index (κ1) is 18.1. The molecule has 0 spiro atoms. The molecule has 142 valence electrons. The number of benzene rings is 3. The van der Waals surface area contributed by atoms with Gasteiger partial charge in [0, 0.05) is 11.5 Å². The standard InChI is InChI=1S/C18H13N3O5S2/c1-26-15-8-7-12(10-14(15)21(22)23)28(24,25)20-18-19-17-13-5-3-2-4-11(13)6-9-16(17)27-18/h2-10H,1H3,(H,19,20). The van der Waals surface area contributed by atoms with Crippen molar-refractivity contribution in [2.45, 2.75) is 4.90 Å². The van der Waals surface area contributed by atoms with Gasteiger partial charge in [-0.25, -0.2) is 13.4 Å². The largest absolute Gasteiger partial charge is 0.490 e. The van der Waals surface area contributed by atoms with Gasteiger partial charge in [0.2, 0.25) is 0 Å². The molecule has 28 heavy (non-hydrogen) atoms. The zero-order chi connectivity index (χ0) is 19.9. The average Bonchev–Trinajstić information content (AvgIpc) is 3.09. The molecule has 0 fully saturated rings. The van der Waals surface area contributed by atoms with Crippen molar-refractivity contribution in [3.8, 4) is 5.75 Å². The van der Waals surface area contributed by atoms with E-state index in [4.69, 9.17) is 4.74 Å². The summed E-state index contributed by atoms with van der Waals surface area (Å²) in [6, 6.07) is 15.0. The minimum Gasteiger partial charge on any atom is -0.490 e. The molecule has 4 rings (SSSR count). The Kier molecular flexibility index (Phi) is 4.36. The van der Waals surface area contributed by atoms with E-state index in [1.54, 1.807) is 0 Å². The van der Waals surface area contributed by atoms with Gasteiger partial charge in [-0.3, -0.25) is 14.8 Å². The van der Waals surface area contributed by atoms with Crippen molar-refractivity contribution in [1.82, 2.24) is 4.98 Å². The molecule has 0 atom stereocenters. The van der Waals surface area contributed by atoms with Crippen molar-refractivity contribution in [2.75, 3.05) is 11.8 Å². The Morgan fingerprint density at radius 1 is 1.14 bits per heavy atom. The fourth-order valence-electron chi connectivity index (χ4n) is 2.86. The lowest BCUT2D eigenvalue weighted by Gasteiger charge is -2.07. The molecule has 0 amide bonds. The Balaban J connectivity index is 1.75. The van der Waals surface area contributed by atoms with Gasteiger partial charge >= 0.3 is 5.69 Å². The number of methoxy groups -OCH3 is 1. The maximum atomic E-state index is 12.7.